The molecule has 2 aromatic carbocycles. The fourth-order valence-electron chi connectivity index (χ4n) is 2.34. The SMILES string of the molecule is CN=Cc1cc(Cl)cc(C(C)(C)c2ccccc2)c1O.[Cl][Zr][Cl]. The van der Waals surface area contributed by atoms with Crippen LogP contribution in [0.1, 0.15) is 30.5 Å². The van der Waals surface area contributed by atoms with Gasteiger partial charge in [-0.15, -0.1) is 0 Å². The molecule has 0 aliphatic heterocycles. The second-order valence-electron chi connectivity index (χ2n) is 5.34. The average molecular weight is 450 g/mol. The molecular formula is C17H18Cl3NOZr. The summed E-state index contributed by atoms with van der Waals surface area (Å²) in [4.78, 5) is 3.96. The van der Waals surface area contributed by atoms with Crippen molar-refractivity contribution >= 4 is 34.8 Å². The minimum absolute atomic E-state index is 0.230. The van der Waals surface area contributed by atoms with Gasteiger partial charge < -0.3 is 5.11 Å². The summed E-state index contributed by atoms with van der Waals surface area (Å²) in [5.74, 6) is 0.230. The maximum absolute atomic E-state index is 10.5. The second kappa shape index (κ2) is 9.84. The molecule has 0 saturated heterocycles. The van der Waals surface area contributed by atoms with E-state index in [1.165, 1.54) is 0 Å². The first-order valence-corrected chi connectivity index (χ1v) is 13.6. The Morgan fingerprint density at radius 2 is 1.70 bits per heavy atom. The molecule has 122 valence electrons. The van der Waals surface area contributed by atoms with Crippen LogP contribution in [0.5, 0.6) is 5.75 Å². The number of hydrogen-bond acceptors (Lipinski definition) is 2. The van der Waals surface area contributed by atoms with E-state index in [1.807, 2.05) is 36.4 Å². The molecule has 0 unspecified atom stereocenters. The molecule has 2 nitrogen and oxygen atoms in total. The van der Waals surface area contributed by atoms with Crippen LogP contribution in [0, 0.1) is 0 Å². The van der Waals surface area contributed by atoms with Crippen LogP contribution in [-0.4, -0.2) is 18.4 Å². The summed E-state index contributed by atoms with van der Waals surface area (Å²) in [6.07, 6.45) is 1.62. The van der Waals surface area contributed by atoms with Gasteiger partial charge in [0.25, 0.3) is 0 Å². The van der Waals surface area contributed by atoms with E-state index >= 15 is 0 Å². The Hall–Kier alpha value is -0.337. The van der Waals surface area contributed by atoms with Crippen molar-refractivity contribution in [2.75, 3.05) is 7.05 Å². The summed E-state index contributed by atoms with van der Waals surface area (Å²) in [5, 5.41) is 11.1. The normalized spacial score (nSPS) is 11.0. The van der Waals surface area contributed by atoms with Crippen LogP contribution in [0.3, 0.4) is 0 Å². The molecule has 6 heteroatoms. The number of phenolic OH excluding ortho intramolecular Hbond substituents is 1. The monoisotopic (exact) mass is 447 g/mol. The zero-order valence-corrected chi connectivity index (χ0v) is 17.9. The van der Waals surface area contributed by atoms with E-state index in [4.69, 9.17) is 28.6 Å². The molecule has 0 heterocycles. The average Bonchev–Trinajstić information content (AvgIpc) is 2.52. The van der Waals surface area contributed by atoms with Crippen LogP contribution < -0.4 is 0 Å². The third-order valence-corrected chi connectivity index (χ3v) is 3.76. The first-order valence-electron chi connectivity index (χ1n) is 6.85. The Balaban J connectivity index is 0.000000816. The molecular weight excluding hydrogens is 432 g/mol. The van der Waals surface area contributed by atoms with Gasteiger partial charge in [0.1, 0.15) is 5.75 Å². The van der Waals surface area contributed by atoms with Gasteiger partial charge in [0, 0.05) is 34.8 Å². The summed E-state index contributed by atoms with van der Waals surface area (Å²) < 4.78 is 0. The van der Waals surface area contributed by atoms with E-state index in [9.17, 15) is 5.11 Å². The van der Waals surface area contributed by atoms with E-state index in [0.717, 1.165) is 11.1 Å². The number of hydrogen-bond donors (Lipinski definition) is 1. The predicted octanol–water partition coefficient (Wildman–Crippen LogP) is 5.80. The number of rotatable bonds is 3. The van der Waals surface area contributed by atoms with Gasteiger partial charge in [-0.1, -0.05) is 55.8 Å². The molecule has 0 aliphatic carbocycles. The van der Waals surface area contributed by atoms with E-state index < -0.39 is 20.8 Å². The molecule has 0 aliphatic rings. The Kier molecular flexibility index (Phi) is 8.86. The van der Waals surface area contributed by atoms with Crippen LogP contribution >= 0.6 is 28.6 Å². The van der Waals surface area contributed by atoms with E-state index in [1.54, 1.807) is 19.3 Å². The zero-order chi connectivity index (χ0) is 17.5. The Morgan fingerprint density at radius 1 is 1.13 bits per heavy atom. The van der Waals surface area contributed by atoms with Gasteiger partial charge in [0.2, 0.25) is 0 Å². The third kappa shape index (κ3) is 5.60. The fourth-order valence-corrected chi connectivity index (χ4v) is 2.57. The number of aliphatic imine (C=N–C) groups is 1. The van der Waals surface area contributed by atoms with Crippen molar-refractivity contribution in [3.8, 4) is 5.75 Å². The second-order valence-corrected chi connectivity index (χ2v) is 9.51. The molecule has 23 heavy (non-hydrogen) atoms. The molecule has 0 bridgehead atoms. The predicted molar refractivity (Wildman–Crippen MR) is 96.9 cm³/mol. The first kappa shape index (κ1) is 20.7. The van der Waals surface area contributed by atoms with Gasteiger partial charge in [-0.25, -0.2) is 0 Å². The van der Waals surface area contributed by atoms with Crippen molar-refractivity contribution in [2.24, 2.45) is 4.99 Å². The molecule has 0 atom stereocenters. The minimum atomic E-state index is -0.826. The van der Waals surface area contributed by atoms with Crippen LogP contribution in [0.2, 0.25) is 5.02 Å². The van der Waals surface area contributed by atoms with Gasteiger partial charge >= 0.3 is 37.9 Å². The Labute approximate surface area is 161 Å². The summed E-state index contributed by atoms with van der Waals surface area (Å²) in [6.45, 7) is 4.14. The Bertz CT molecular complexity index is 660. The molecule has 2 rings (SSSR count). The zero-order valence-electron chi connectivity index (χ0n) is 13.1. The van der Waals surface area contributed by atoms with E-state index in [-0.39, 0.29) is 11.2 Å². The van der Waals surface area contributed by atoms with Gasteiger partial charge in [0.05, 0.1) is 0 Å². The molecule has 1 N–H and O–H groups in total. The number of phenols is 1. The quantitative estimate of drug-likeness (QED) is 0.590. The van der Waals surface area contributed by atoms with E-state index in [0.29, 0.717) is 10.6 Å². The fraction of sp³-hybridized carbons (Fsp3) is 0.235. The van der Waals surface area contributed by atoms with Crippen LogP contribution in [0.4, 0.5) is 0 Å². The van der Waals surface area contributed by atoms with Gasteiger partial charge in [-0.05, 0) is 17.7 Å². The summed E-state index contributed by atoms with van der Waals surface area (Å²) in [6, 6.07) is 13.6. The van der Waals surface area contributed by atoms with Crippen molar-refractivity contribution in [2.45, 2.75) is 19.3 Å². The van der Waals surface area contributed by atoms with Gasteiger partial charge in [-0.2, -0.15) is 0 Å². The standard InChI is InChI=1S/C17H18ClNO.2ClH.Zr/c1-17(2,13-7-5-4-6-8-13)15-10-14(18)9-12(11-19-3)16(15)20;;;/h4-11,20H,1-3H3;2*1H;/q;;;+2/p-2. The van der Waals surface area contributed by atoms with Crippen molar-refractivity contribution < 1.29 is 26.0 Å². The number of aromatic hydroxyl groups is 1. The topological polar surface area (TPSA) is 32.6 Å². The van der Waals surface area contributed by atoms with Gasteiger partial charge in [-0.3, -0.25) is 4.99 Å². The molecule has 2 aromatic rings. The first-order chi connectivity index (χ1) is 10.9. The van der Waals surface area contributed by atoms with Crippen LogP contribution in [-0.2, 0) is 26.3 Å². The molecule has 0 spiro atoms. The molecule has 0 amide bonds. The summed E-state index contributed by atoms with van der Waals surface area (Å²) >= 11 is 5.35. The maximum atomic E-state index is 10.5. The van der Waals surface area contributed by atoms with Gasteiger partial charge in [0.15, 0.2) is 0 Å². The number of nitrogens with zero attached hydrogens (tertiary/aromatic N) is 1. The van der Waals surface area contributed by atoms with Crippen molar-refractivity contribution in [3.05, 3.63) is 64.2 Å². The molecule has 0 saturated carbocycles. The Morgan fingerprint density at radius 3 is 2.22 bits per heavy atom. The summed E-state index contributed by atoms with van der Waals surface area (Å²) in [5.41, 5.74) is 2.22. The molecule has 0 radical (unpaired) electrons. The van der Waals surface area contributed by atoms with E-state index in [2.05, 4.69) is 18.8 Å². The van der Waals surface area contributed by atoms with Crippen molar-refractivity contribution in [1.29, 1.82) is 0 Å². The van der Waals surface area contributed by atoms with Crippen molar-refractivity contribution in [3.63, 3.8) is 0 Å². The van der Waals surface area contributed by atoms with Crippen LogP contribution in [0.15, 0.2) is 47.5 Å². The molecule has 0 fully saturated rings. The number of benzene rings is 2. The van der Waals surface area contributed by atoms with Crippen molar-refractivity contribution in [1.82, 2.24) is 0 Å². The third-order valence-electron chi connectivity index (χ3n) is 3.54. The summed E-state index contributed by atoms with van der Waals surface area (Å²) in [7, 11) is 11.5. The number of halogens is 3. The molecule has 0 aromatic heterocycles. The van der Waals surface area contributed by atoms with Crippen LogP contribution in [0.25, 0.3) is 0 Å².